The maximum atomic E-state index is 12.5. The summed E-state index contributed by atoms with van der Waals surface area (Å²) >= 11 is 0. The van der Waals surface area contributed by atoms with Crippen LogP contribution in [0.2, 0.25) is 0 Å². The molecule has 2 unspecified atom stereocenters. The van der Waals surface area contributed by atoms with Crippen LogP contribution in [0.1, 0.15) is 12.8 Å². The summed E-state index contributed by atoms with van der Waals surface area (Å²) in [5.41, 5.74) is -2.52. The lowest BCUT2D eigenvalue weighted by molar-refractivity contribution is -0.254. The van der Waals surface area contributed by atoms with Gasteiger partial charge in [0.15, 0.2) is 5.60 Å². The van der Waals surface area contributed by atoms with Gasteiger partial charge in [-0.15, -0.1) is 0 Å². The van der Waals surface area contributed by atoms with Crippen molar-refractivity contribution >= 4 is 0 Å². The molecule has 2 aliphatic rings. The Bertz CT molecular complexity index is 240. The van der Waals surface area contributed by atoms with Crippen LogP contribution in [0.25, 0.3) is 0 Å². The van der Waals surface area contributed by atoms with E-state index in [0.717, 1.165) is 6.42 Å². The van der Waals surface area contributed by atoms with Gasteiger partial charge in [0.25, 0.3) is 0 Å². The molecule has 2 fully saturated rings. The van der Waals surface area contributed by atoms with E-state index in [0.29, 0.717) is 19.8 Å². The molecule has 88 valence electrons. The molecule has 0 bridgehead atoms. The van der Waals surface area contributed by atoms with Crippen molar-refractivity contribution in [3.05, 3.63) is 0 Å². The van der Waals surface area contributed by atoms with Gasteiger partial charge in [-0.1, -0.05) is 0 Å². The SMILES string of the molecule is OC1(C(F)(F)F)CCN(C2CCOC2)C1. The van der Waals surface area contributed by atoms with Gasteiger partial charge in [0, 0.05) is 25.7 Å². The van der Waals surface area contributed by atoms with Crippen molar-refractivity contribution < 1.29 is 23.0 Å². The van der Waals surface area contributed by atoms with Gasteiger partial charge in [-0.2, -0.15) is 13.2 Å². The normalized spacial score (nSPS) is 38.8. The van der Waals surface area contributed by atoms with Crippen LogP contribution in [0.4, 0.5) is 13.2 Å². The van der Waals surface area contributed by atoms with Crippen molar-refractivity contribution in [3.63, 3.8) is 0 Å². The summed E-state index contributed by atoms with van der Waals surface area (Å²) in [6, 6.07) is 0.0429. The molecule has 0 aromatic heterocycles. The molecule has 2 rings (SSSR count). The van der Waals surface area contributed by atoms with E-state index >= 15 is 0 Å². The average molecular weight is 225 g/mol. The van der Waals surface area contributed by atoms with Crippen LogP contribution in [0.5, 0.6) is 0 Å². The summed E-state index contributed by atoms with van der Waals surface area (Å²) in [6.07, 6.45) is -4.00. The zero-order chi connectivity index (χ0) is 11.1. The highest BCUT2D eigenvalue weighted by Gasteiger charge is 2.57. The Labute approximate surface area is 85.8 Å². The standard InChI is InChI=1S/C9H14F3NO2/c10-9(11,12)8(14)2-3-13(6-8)7-1-4-15-5-7/h7,14H,1-6H2. The predicted octanol–water partition coefficient (Wildman–Crippen LogP) is 0.774. The summed E-state index contributed by atoms with van der Waals surface area (Å²) in [7, 11) is 0. The minimum absolute atomic E-state index is 0.0429. The highest BCUT2D eigenvalue weighted by molar-refractivity contribution is 4.98. The second-order valence-electron chi connectivity index (χ2n) is 4.27. The quantitative estimate of drug-likeness (QED) is 0.715. The molecule has 1 N–H and O–H groups in total. The fourth-order valence-corrected chi connectivity index (χ4v) is 2.18. The Morgan fingerprint density at radius 2 is 2.13 bits per heavy atom. The zero-order valence-electron chi connectivity index (χ0n) is 8.26. The van der Waals surface area contributed by atoms with Gasteiger partial charge in [0.05, 0.1) is 6.61 Å². The van der Waals surface area contributed by atoms with Crippen LogP contribution in [0, 0.1) is 0 Å². The van der Waals surface area contributed by atoms with Crippen LogP contribution in [0.15, 0.2) is 0 Å². The predicted molar refractivity (Wildman–Crippen MR) is 46.4 cm³/mol. The number of hydrogen-bond acceptors (Lipinski definition) is 3. The number of β-amino-alcohol motifs (C(OH)–C–C–N with tert-alkyl or cyclic N) is 1. The molecular formula is C9H14F3NO2. The van der Waals surface area contributed by atoms with Gasteiger partial charge >= 0.3 is 6.18 Å². The molecule has 15 heavy (non-hydrogen) atoms. The number of rotatable bonds is 1. The van der Waals surface area contributed by atoms with E-state index in [-0.39, 0.29) is 19.0 Å². The number of halogens is 3. The number of ether oxygens (including phenoxy) is 1. The van der Waals surface area contributed by atoms with Gasteiger partial charge in [0.2, 0.25) is 0 Å². The Morgan fingerprint density at radius 1 is 1.40 bits per heavy atom. The van der Waals surface area contributed by atoms with E-state index in [4.69, 9.17) is 4.74 Å². The maximum absolute atomic E-state index is 12.5. The molecule has 0 aromatic carbocycles. The Balaban J connectivity index is 1.99. The summed E-state index contributed by atoms with van der Waals surface area (Å²) in [5, 5.41) is 9.45. The second kappa shape index (κ2) is 3.61. The Kier molecular flexibility index (Phi) is 2.68. The van der Waals surface area contributed by atoms with Crippen LogP contribution in [-0.4, -0.2) is 54.1 Å². The molecule has 2 heterocycles. The lowest BCUT2D eigenvalue weighted by atomic mass is 10.0. The largest absolute Gasteiger partial charge is 0.418 e. The van der Waals surface area contributed by atoms with E-state index in [9.17, 15) is 18.3 Å². The van der Waals surface area contributed by atoms with E-state index in [1.807, 2.05) is 0 Å². The molecule has 0 saturated carbocycles. The van der Waals surface area contributed by atoms with Crippen LogP contribution in [-0.2, 0) is 4.74 Å². The first-order valence-electron chi connectivity index (χ1n) is 5.03. The number of likely N-dealkylation sites (tertiary alicyclic amines) is 1. The molecule has 0 spiro atoms. The molecule has 3 nitrogen and oxygen atoms in total. The zero-order valence-corrected chi connectivity index (χ0v) is 8.26. The molecule has 2 atom stereocenters. The maximum Gasteiger partial charge on any atom is 0.418 e. The first-order chi connectivity index (χ1) is 6.92. The average Bonchev–Trinajstić information content (AvgIpc) is 2.70. The Hall–Kier alpha value is -0.330. The van der Waals surface area contributed by atoms with Crippen molar-refractivity contribution in [2.45, 2.75) is 30.7 Å². The molecular weight excluding hydrogens is 211 g/mol. The third kappa shape index (κ3) is 1.98. The van der Waals surface area contributed by atoms with Crippen molar-refractivity contribution in [1.29, 1.82) is 0 Å². The summed E-state index contributed by atoms with van der Waals surface area (Å²) in [6.45, 7) is 1.06. The Morgan fingerprint density at radius 3 is 2.60 bits per heavy atom. The smallest absolute Gasteiger partial charge is 0.380 e. The van der Waals surface area contributed by atoms with Gasteiger partial charge in [-0.25, -0.2) is 0 Å². The van der Waals surface area contributed by atoms with Gasteiger partial charge in [0.1, 0.15) is 0 Å². The molecule has 0 radical (unpaired) electrons. The van der Waals surface area contributed by atoms with E-state index < -0.39 is 11.8 Å². The van der Waals surface area contributed by atoms with Crippen LogP contribution in [0.3, 0.4) is 0 Å². The van der Waals surface area contributed by atoms with E-state index in [2.05, 4.69) is 0 Å². The highest BCUT2D eigenvalue weighted by atomic mass is 19.4. The number of aliphatic hydroxyl groups is 1. The minimum atomic E-state index is -4.53. The number of hydrogen-bond donors (Lipinski definition) is 1. The first-order valence-corrected chi connectivity index (χ1v) is 5.03. The van der Waals surface area contributed by atoms with Crippen molar-refractivity contribution in [2.24, 2.45) is 0 Å². The third-order valence-corrected chi connectivity index (χ3v) is 3.23. The topological polar surface area (TPSA) is 32.7 Å². The van der Waals surface area contributed by atoms with Gasteiger partial charge < -0.3 is 9.84 Å². The van der Waals surface area contributed by atoms with Crippen LogP contribution >= 0.6 is 0 Å². The second-order valence-corrected chi connectivity index (χ2v) is 4.27. The first kappa shape index (κ1) is 11.2. The van der Waals surface area contributed by atoms with E-state index in [1.165, 1.54) is 0 Å². The minimum Gasteiger partial charge on any atom is -0.380 e. The number of nitrogens with zero attached hydrogens (tertiary/aromatic N) is 1. The molecule has 2 aliphatic heterocycles. The summed E-state index contributed by atoms with van der Waals surface area (Å²) in [5.74, 6) is 0. The molecule has 0 aliphatic carbocycles. The summed E-state index contributed by atoms with van der Waals surface area (Å²) in [4.78, 5) is 1.68. The lowest BCUT2D eigenvalue weighted by Crippen LogP contribution is -2.48. The lowest BCUT2D eigenvalue weighted by Gasteiger charge is -2.27. The monoisotopic (exact) mass is 225 g/mol. The molecule has 0 aromatic rings. The molecule has 0 amide bonds. The summed E-state index contributed by atoms with van der Waals surface area (Å²) < 4.78 is 42.6. The molecule has 6 heteroatoms. The van der Waals surface area contributed by atoms with Gasteiger partial charge in [-0.3, -0.25) is 4.90 Å². The van der Waals surface area contributed by atoms with Crippen molar-refractivity contribution in [1.82, 2.24) is 4.90 Å². The van der Waals surface area contributed by atoms with Crippen molar-refractivity contribution in [3.8, 4) is 0 Å². The van der Waals surface area contributed by atoms with Gasteiger partial charge in [-0.05, 0) is 12.8 Å². The molecule has 2 saturated heterocycles. The number of alkyl halides is 3. The van der Waals surface area contributed by atoms with Crippen LogP contribution < -0.4 is 0 Å². The van der Waals surface area contributed by atoms with Crippen molar-refractivity contribution in [2.75, 3.05) is 26.3 Å². The fourth-order valence-electron chi connectivity index (χ4n) is 2.18. The fraction of sp³-hybridized carbons (Fsp3) is 1.00. The highest BCUT2D eigenvalue weighted by Crippen LogP contribution is 2.38. The van der Waals surface area contributed by atoms with E-state index in [1.54, 1.807) is 4.90 Å². The third-order valence-electron chi connectivity index (χ3n) is 3.23.